The molecule has 0 aliphatic heterocycles. The lowest BCUT2D eigenvalue weighted by molar-refractivity contribution is 0.372. The van der Waals surface area contributed by atoms with Gasteiger partial charge >= 0.3 is 0 Å². The summed E-state index contributed by atoms with van der Waals surface area (Å²) in [6, 6.07) is 4.33. The van der Waals surface area contributed by atoms with Crippen LogP contribution in [-0.4, -0.2) is 18.1 Å². The molecule has 0 saturated heterocycles. The van der Waals surface area contributed by atoms with Crippen LogP contribution < -0.4 is 5.32 Å². The van der Waals surface area contributed by atoms with Crippen molar-refractivity contribution < 1.29 is 0 Å². The smallest absolute Gasteiger partial charge is 0.0270 e. The van der Waals surface area contributed by atoms with Gasteiger partial charge in [0, 0.05) is 18.9 Å². The molecular weight excluding hydrogens is 220 g/mol. The van der Waals surface area contributed by atoms with Crippen LogP contribution in [0.5, 0.6) is 0 Å². The molecule has 0 fully saturated rings. The lowest BCUT2D eigenvalue weighted by Crippen LogP contribution is -2.29. The Balaban J connectivity index is 2.69. The Kier molecular flexibility index (Phi) is 6.96. The molecule has 1 unspecified atom stereocenters. The van der Waals surface area contributed by atoms with Crippen LogP contribution in [0.1, 0.15) is 52.0 Å². The van der Waals surface area contributed by atoms with E-state index in [4.69, 9.17) is 0 Å². The van der Waals surface area contributed by atoms with Gasteiger partial charge in [0.1, 0.15) is 0 Å². The fourth-order valence-electron chi connectivity index (χ4n) is 2.55. The lowest BCUT2D eigenvalue weighted by Gasteiger charge is -2.26. The fourth-order valence-corrected chi connectivity index (χ4v) is 2.55. The zero-order valence-corrected chi connectivity index (χ0v) is 12.3. The van der Waals surface area contributed by atoms with Gasteiger partial charge in [-0.1, -0.05) is 40.5 Å². The first-order valence-electron chi connectivity index (χ1n) is 7.29. The fraction of sp³-hybridized carbons (Fsp3) is 0.688. The van der Waals surface area contributed by atoms with E-state index in [1.54, 1.807) is 0 Å². The summed E-state index contributed by atoms with van der Waals surface area (Å²) in [6.45, 7) is 11.3. The minimum Gasteiger partial charge on any atom is -0.316 e. The third-order valence-corrected chi connectivity index (χ3v) is 3.67. The normalized spacial score (nSPS) is 13.2. The molecule has 0 amide bonds. The van der Waals surface area contributed by atoms with Gasteiger partial charge in [-0.2, -0.15) is 0 Å². The van der Waals surface area contributed by atoms with E-state index in [-0.39, 0.29) is 0 Å². The van der Waals surface area contributed by atoms with Crippen LogP contribution in [0.3, 0.4) is 0 Å². The summed E-state index contributed by atoms with van der Waals surface area (Å²) in [7, 11) is 0. The topological polar surface area (TPSA) is 24.9 Å². The van der Waals surface area contributed by atoms with E-state index in [0.717, 1.165) is 19.0 Å². The highest BCUT2D eigenvalue weighted by Gasteiger charge is 2.20. The summed E-state index contributed by atoms with van der Waals surface area (Å²) >= 11 is 0. The van der Waals surface area contributed by atoms with Crippen LogP contribution >= 0.6 is 0 Å². The van der Waals surface area contributed by atoms with Crippen LogP contribution in [0.15, 0.2) is 24.5 Å². The third kappa shape index (κ3) is 4.77. The predicted molar refractivity (Wildman–Crippen MR) is 78.8 cm³/mol. The van der Waals surface area contributed by atoms with Crippen LogP contribution in [-0.2, 0) is 0 Å². The van der Waals surface area contributed by atoms with E-state index in [1.807, 2.05) is 12.4 Å². The van der Waals surface area contributed by atoms with Crippen LogP contribution in [0.2, 0.25) is 0 Å². The lowest BCUT2D eigenvalue weighted by atomic mass is 9.83. The predicted octanol–water partition coefficient (Wildman–Crippen LogP) is 3.85. The summed E-state index contributed by atoms with van der Waals surface area (Å²) in [5.74, 6) is 2.08. The zero-order valence-electron chi connectivity index (χ0n) is 12.3. The van der Waals surface area contributed by atoms with Gasteiger partial charge in [-0.3, -0.25) is 4.98 Å². The summed E-state index contributed by atoms with van der Waals surface area (Å²) in [5, 5.41) is 3.61. The first-order chi connectivity index (χ1) is 8.69. The molecule has 0 aliphatic carbocycles. The summed E-state index contributed by atoms with van der Waals surface area (Å²) in [4.78, 5) is 4.13. The second-order valence-corrected chi connectivity index (χ2v) is 5.52. The molecule has 102 valence electrons. The Bertz CT molecular complexity index is 304. The van der Waals surface area contributed by atoms with Crippen molar-refractivity contribution in [1.82, 2.24) is 10.3 Å². The average Bonchev–Trinajstić information content (AvgIpc) is 2.39. The van der Waals surface area contributed by atoms with Crippen molar-refractivity contribution in [3.8, 4) is 0 Å². The molecule has 1 aromatic heterocycles. The molecule has 2 nitrogen and oxygen atoms in total. The van der Waals surface area contributed by atoms with E-state index in [9.17, 15) is 0 Å². The van der Waals surface area contributed by atoms with E-state index >= 15 is 0 Å². The van der Waals surface area contributed by atoms with Gasteiger partial charge in [-0.05, 0) is 42.0 Å². The van der Waals surface area contributed by atoms with Gasteiger partial charge in [-0.15, -0.1) is 0 Å². The minimum atomic E-state index is 0.613. The van der Waals surface area contributed by atoms with Crippen molar-refractivity contribution in [3.05, 3.63) is 30.1 Å². The summed E-state index contributed by atoms with van der Waals surface area (Å²) in [5.41, 5.74) is 1.43. The monoisotopic (exact) mass is 248 g/mol. The second-order valence-electron chi connectivity index (χ2n) is 5.52. The van der Waals surface area contributed by atoms with Crippen molar-refractivity contribution in [2.75, 3.05) is 13.1 Å². The van der Waals surface area contributed by atoms with Gasteiger partial charge in [0.15, 0.2) is 0 Å². The molecule has 2 heteroatoms. The Hall–Kier alpha value is -0.890. The minimum absolute atomic E-state index is 0.613. The van der Waals surface area contributed by atoms with Crippen molar-refractivity contribution in [2.24, 2.45) is 11.8 Å². The Morgan fingerprint density at radius 2 is 1.67 bits per heavy atom. The number of nitrogens with zero attached hydrogens (tertiary/aromatic N) is 1. The number of aromatic nitrogens is 1. The molecule has 0 spiro atoms. The SMILES string of the molecule is CCC(CC)C(CNCC(C)C)c1ccncc1. The number of nitrogens with one attached hydrogen (secondary N) is 1. The molecule has 0 radical (unpaired) electrons. The Morgan fingerprint density at radius 3 is 2.17 bits per heavy atom. The van der Waals surface area contributed by atoms with E-state index < -0.39 is 0 Å². The highest BCUT2D eigenvalue weighted by atomic mass is 14.9. The van der Waals surface area contributed by atoms with Crippen molar-refractivity contribution in [3.63, 3.8) is 0 Å². The quantitative estimate of drug-likeness (QED) is 0.756. The maximum absolute atomic E-state index is 4.13. The van der Waals surface area contributed by atoms with Crippen LogP contribution in [0.4, 0.5) is 0 Å². The zero-order chi connectivity index (χ0) is 13.4. The maximum Gasteiger partial charge on any atom is 0.0270 e. The van der Waals surface area contributed by atoms with Crippen molar-refractivity contribution in [2.45, 2.75) is 46.5 Å². The second kappa shape index (κ2) is 8.25. The highest BCUT2D eigenvalue weighted by Crippen LogP contribution is 2.28. The Labute approximate surface area is 112 Å². The molecule has 0 aromatic carbocycles. The van der Waals surface area contributed by atoms with Crippen molar-refractivity contribution >= 4 is 0 Å². The first-order valence-corrected chi connectivity index (χ1v) is 7.29. The van der Waals surface area contributed by atoms with Crippen molar-refractivity contribution in [1.29, 1.82) is 0 Å². The molecule has 0 aliphatic rings. The van der Waals surface area contributed by atoms with Gasteiger partial charge < -0.3 is 5.32 Å². The van der Waals surface area contributed by atoms with Gasteiger partial charge in [0.25, 0.3) is 0 Å². The molecule has 1 rings (SSSR count). The summed E-state index contributed by atoms with van der Waals surface area (Å²) in [6.07, 6.45) is 6.31. The summed E-state index contributed by atoms with van der Waals surface area (Å²) < 4.78 is 0. The van der Waals surface area contributed by atoms with E-state index in [0.29, 0.717) is 11.8 Å². The van der Waals surface area contributed by atoms with Crippen LogP contribution in [0, 0.1) is 11.8 Å². The number of hydrogen-bond donors (Lipinski definition) is 1. The molecule has 0 saturated carbocycles. The largest absolute Gasteiger partial charge is 0.316 e. The van der Waals surface area contributed by atoms with Gasteiger partial charge in [0.05, 0.1) is 0 Å². The highest BCUT2D eigenvalue weighted by molar-refractivity contribution is 5.17. The maximum atomic E-state index is 4.13. The Morgan fingerprint density at radius 1 is 1.06 bits per heavy atom. The molecular formula is C16H28N2. The molecule has 1 heterocycles. The number of rotatable bonds is 8. The van der Waals surface area contributed by atoms with Crippen LogP contribution in [0.25, 0.3) is 0 Å². The molecule has 0 bridgehead atoms. The average molecular weight is 248 g/mol. The molecule has 1 atom stereocenters. The van der Waals surface area contributed by atoms with Gasteiger partial charge in [-0.25, -0.2) is 0 Å². The molecule has 1 N–H and O–H groups in total. The van der Waals surface area contributed by atoms with E-state index in [2.05, 4.69) is 50.1 Å². The van der Waals surface area contributed by atoms with E-state index in [1.165, 1.54) is 18.4 Å². The number of hydrogen-bond acceptors (Lipinski definition) is 2. The molecule has 18 heavy (non-hydrogen) atoms. The van der Waals surface area contributed by atoms with Gasteiger partial charge in [0.2, 0.25) is 0 Å². The standard InChI is InChI=1S/C16H28N2/c1-5-14(6-2)16(12-18-11-13(3)4)15-7-9-17-10-8-15/h7-10,13-14,16,18H,5-6,11-12H2,1-4H3. The first kappa shape index (κ1) is 15.2. The molecule has 1 aromatic rings. The third-order valence-electron chi connectivity index (χ3n) is 3.67. The number of pyridine rings is 1.